The molecule has 18 heavy (non-hydrogen) atoms. The molecular weight excluding hydrogens is 250 g/mol. The highest BCUT2D eigenvalue weighted by Crippen LogP contribution is 2.39. The molecule has 1 N–H and O–H groups in total. The van der Waals surface area contributed by atoms with E-state index in [1.165, 1.54) is 18.9 Å². The van der Waals surface area contributed by atoms with Gasteiger partial charge in [-0.1, -0.05) is 18.9 Å². The van der Waals surface area contributed by atoms with Gasteiger partial charge in [-0.2, -0.15) is 0 Å². The maximum atomic E-state index is 11.1. The number of hydrogen-bond acceptors (Lipinski definition) is 4. The molecule has 0 aliphatic heterocycles. The summed E-state index contributed by atoms with van der Waals surface area (Å²) in [4.78, 5) is 11.4. The molecule has 0 spiro atoms. The summed E-state index contributed by atoms with van der Waals surface area (Å²) in [6.45, 7) is 1.61. The van der Waals surface area contributed by atoms with E-state index in [2.05, 4.69) is 0 Å². The Morgan fingerprint density at radius 1 is 1.44 bits per heavy atom. The molecule has 0 heterocycles. The van der Waals surface area contributed by atoms with Gasteiger partial charge in [0.25, 0.3) is 5.69 Å². The van der Waals surface area contributed by atoms with E-state index in [0.717, 1.165) is 17.7 Å². The summed E-state index contributed by atoms with van der Waals surface area (Å²) in [7, 11) is 0. The van der Waals surface area contributed by atoms with Gasteiger partial charge in [-0.15, -0.1) is 11.8 Å². The highest BCUT2D eigenvalue weighted by Gasteiger charge is 2.22. The third-order valence-corrected chi connectivity index (χ3v) is 4.66. The van der Waals surface area contributed by atoms with Crippen LogP contribution in [0.1, 0.15) is 44.3 Å². The number of rotatable bonds is 4. The third kappa shape index (κ3) is 3.03. The fourth-order valence-electron chi connectivity index (χ4n) is 2.22. The molecule has 0 saturated heterocycles. The molecule has 5 heteroatoms. The lowest BCUT2D eigenvalue weighted by atomic mass is 10.1. The zero-order valence-electron chi connectivity index (χ0n) is 10.3. The molecule has 98 valence electrons. The van der Waals surface area contributed by atoms with Crippen molar-refractivity contribution in [2.75, 3.05) is 0 Å². The van der Waals surface area contributed by atoms with Gasteiger partial charge >= 0.3 is 0 Å². The van der Waals surface area contributed by atoms with Crippen LogP contribution in [0.2, 0.25) is 0 Å². The van der Waals surface area contributed by atoms with Crippen LogP contribution < -0.4 is 0 Å². The van der Waals surface area contributed by atoms with Crippen LogP contribution in [0.15, 0.2) is 23.1 Å². The predicted octanol–water partition coefficient (Wildman–Crippen LogP) is 3.68. The molecule has 0 aromatic heterocycles. The van der Waals surface area contributed by atoms with Crippen LogP contribution >= 0.6 is 11.8 Å². The number of aliphatic hydroxyl groups excluding tert-OH is 1. The molecule has 0 radical (unpaired) electrons. The minimum absolute atomic E-state index is 0.116. The number of nitro groups is 1. The summed E-state index contributed by atoms with van der Waals surface area (Å²) in [6.07, 6.45) is 4.04. The Kier molecular flexibility index (Phi) is 4.24. The van der Waals surface area contributed by atoms with Crippen LogP contribution in [0, 0.1) is 10.1 Å². The lowest BCUT2D eigenvalue weighted by Gasteiger charge is -2.11. The highest BCUT2D eigenvalue weighted by molar-refractivity contribution is 8.00. The van der Waals surface area contributed by atoms with Crippen LogP contribution in [0.4, 0.5) is 5.69 Å². The number of hydrogen-bond donors (Lipinski definition) is 1. The van der Waals surface area contributed by atoms with Crippen molar-refractivity contribution in [1.29, 1.82) is 0 Å². The summed E-state index contributed by atoms with van der Waals surface area (Å²) < 4.78 is 0. The van der Waals surface area contributed by atoms with Gasteiger partial charge in [0.2, 0.25) is 0 Å². The molecule has 0 bridgehead atoms. The van der Waals surface area contributed by atoms with Crippen molar-refractivity contribution in [3.8, 4) is 0 Å². The molecule has 1 aromatic rings. The molecule has 1 aromatic carbocycles. The minimum Gasteiger partial charge on any atom is -0.389 e. The highest BCUT2D eigenvalue weighted by atomic mass is 32.2. The average Bonchev–Trinajstić information content (AvgIpc) is 2.81. The number of nitro benzene ring substituents is 1. The van der Waals surface area contributed by atoms with Gasteiger partial charge in [-0.3, -0.25) is 10.1 Å². The topological polar surface area (TPSA) is 63.4 Å². The smallest absolute Gasteiger partial charge is 0.283 e. The standard InChI is InChI=1S/C13H17NO3S/c1-9(15)10-6-7-13(12(8-10)14(16)17)18-11-4-2-3-5-11/h6-9,11,15H,2-5H2,1H3. The Labute approximate surface area is 111 Å². The van der Waals surface area contributed by atoms with E-state index in [1.807, 2.05) is 0 Å². The van der Waals surface area contributed by atoms with Gasteiger partial charge in [0.1, 0.15) is 0 Å². The summed E-state index contributed by atoms with van der Waals surface area (Å²) in [5.41, 5.74) is 0.711. The molecule has 1 fully saturated rings. The van der Waals surface area contributed by atoms with Crippen LogP contribution in [-0.4, -0.2) is 15.3 Å². The summed E-state index contributed by atoms with van der Waals surface area (Å²) in [6, 6.07) is 5.03. The van der Waals surface area contributed by atoms with Crippen molar-refractivity contribution >= 4 is 17.4 Å². The van der Waals surface area contributed by atoms with Gasteiger partial charge in [0, 0.05) is 11.3 Å². The largest absolute Gasteiger partial charge is 0.389 e. The van der Waals surface area contributed by atoms with Crippen molar-refractivity contribution in [2.24, 2.45) is 0 Å². The normalized spacial score (nSPS) is 17.9. The second-order valence-electron chi connectivity index (χ2n) is 4.68. The Bertz CT molecular complexity index is 442. The van der Waals surface area contributed by atoms with Crippen molar-refractivity contribution in [2.45, 2.75) is 48.9 Å². The monoisotopic (exact) mass is 267 g/mol. The zero-order valence-corrected chi connectivity index (χ0v) is 11.2. The number of nitrogens with zero attached hydrogens (tertiary/aromatic N) is 1. The molecule has 1 saturated carbocycles. The maximum Gasteiger partial charge on any atom is 0.283 e. The number of benzene rings is 1. The van der Waals surface area contributed by atoms with Gasteiger partial charge in [0.05, 0.1) is 15.9 Å². The van der Waals surface area contributed by atoms with E-state index in [1.54, 1.807) is 30.8 Å². The Hall–Kier alpha value is -1.07. The van der Waals surface area contributed by atoms with E-state index in [9.17, 15) is 15.2 Å². The molecule has 2 rings (SSSR count). The molecule has 4 nitrogen and oxygen atoms in total. The first-order chi connectivity index (χ1) is 8.58. The number of aliphatic hydroxyl groups is 1. The van der Waals surface area contributed by atoms with E-state index in [4.69, 9.17) is 0 Å². The lowest BCUT2D eigenvalue weighted by Crippen LogP contribution is -1.99. The molecule has 1 atom stereocenters. The zero-order chi connectivity index (χ0) is 13.1. The summed E-state index contributed by atoms with van der Waals surface area (Å²) >= 11 is 1.60. The predicted molar refractivity (Wildman–Crippen MR) is 71.8 cm³/mol. The second kappa shape index (κ2) is 5.71. The van der Waals surface area contributed by atoms with E-state index in [0.29, 0.717) is 10.8 Å². The van der Waals surface area contributed by atoms with Gasteiger partial charge in [-0.05, 0) is 31.4 Å². The third-order valence-electron chi connectivity index (χ3n) is 3.26. The van der Waals surface area contributed by atoms with E-state index >= 15 is 0 Å². The Morgan fingerprint density at radius 3 is 2.67 bits per heavy atom. The summed E-state index contributed by atoms with van der Waals surface area (Å²) in [5.74, 6) is 0. The first kappa shape index (κ1) is 13.4. The molecule has 1 aliphatic rings. The minimum atomic E-state index is -0.672. The Morgan fingerprint density at radius 2 is 2.11 bits per heavy atom. The Balaban J connectivity index is 2.25. The SMILES string of the molecule is CC(O)c1ccc(SC2CCCC2)c([N+](=O)[O-])c1. The van der Waals surface area contributed by atoms with Crippen LogP contribution in [0.3, 0.4) is 0 Å². The first-order valence-electron chi connectivity index (χ1n) is 6.21. The molecule has 1 aliphatic carbocycles. The fourth-order valence-corrected chi connectivity index (χ4v) is 3.55. The molecule has 0 amide bonds. The van der Waals surface area contributed by atoms with Gasteiger partial charge < -0.3 is 5.11 Å². The number of thioether (sulfide) groups is 1. The lowest BCUT2D eigenvalue weighted by molar-refractivity contribution is -0.387. The van der Waals surface area contributed by atoms with E-state index in [-0.39, 0.29) is 10.6 Å². The quantitative estimate of drug-likeness (QED) is 0.667. The summed E-state index contributed by atoms with van der Waals surface area (Å²) in [5, 5.41) is 21.1. The molecule has 1 unspecified atom stereocenters. The second-order valence-corrected chi connectivity index (χ2v) is 6.03. The van der Waals surface area contributed by atoms with Crippen molar-refractivity contribution in [1.82, 2.24) is 0 Å². The first-order valence-corrected chi connectivity index (χ1v) is 7.09. The van der Waals surface area contributed by atoms with Crippen LogP contribution in [0.25, 0.3) is 0 Å². The molecular formula is C13H17NO3S. The van der Waals surface area contributed by atoms with Gasteiger partial charge in [-0.25, -0.2) is 0 Å². The van der Waals surface area contributed by atoms with Crippen molar-refractivity contribution in [3.05, 3.63) is 33.9 Å². The van der Waals surface area contributed by atoms with E-state index < -0.39 is 6.10 Å². The maximum absolute atomic E-state index is 11.1. The van der Waals surface area contributed by atoms with Crippen molar-refractivity contribution < 1.29 is 10.0 Å². The van der Waals surface area contributed by atoms with Crippen LogP contribution in [-0.2, 0) is 0 Å². The average molecular weight is 267 g/mol. The fraction of sp³-hybridized carbons (Fsp3) is 0.538. The van der Waals surface area contributed by atoms with Crippen LogP contribution in [0.5, 0.6) is 0 Å². The van der Waals surface area contributed by atoms with Gasteiger partial charge in [0.15, 0.2) is 0 Å². The van der Waals surface area contributed by atoms with Crippen molar-refractivity contribution in [3.63, 3.8) is 0 Å².